The lowest BCUT2D eigenvalue weighted by Crippen LogP contribution is -2.68. The van der Waals surface area contributed by atoms with Gasteiger partial charge in [-0.15, -0.1) is 0 Å². The van der Waals surface area contributed by atoms with Gasteiger partial charge in [0.05, 0.1) is 6.04 Å². The molecular weight excluding hydrogens is 348 g/mol. The molecule has 1 aromatic rings. The van der Waals surface area contributed by atoms with Crippen molar-refractivity contribution in [1.82, 2.24) is 25.8 Å². The van der Waals surface area contributed by atoms with Crippen molar-refractivity contribution in [3.8, 4) is 0 Å². The SMILES string of the molecule is CC(C)C(=O)N[C@H]1NC2=C(C(=O)N1c1ccccn1)N(C=O)[C@@H](C)[C@H](C)N2. The number of hydrogen-bond acceptors (Lipinski definition) is 6. The van der Waals surface area contributed by atoms with Crippen LogP contribution in [0.25, 0.3) is 0 Å². The number of nitrogens with one attached hydrogen (secondary N) is 3. The van der Waals surface area contributed by atoms with Crippen molar-refractivity contribution in [3.05, 3.63) is 35.9 Å². The highest BCUT2D eigenvalue weighted by Crippen LogP contribution is 2.27. The number of carbonyl (C=O) groups is 3. The van der Waals surface area contributed by atoms with Crippen molar-refractivity contribution in [1.29, 1.82) is 0 Å². The molecule has 3 heterocycles. The summed E-state index contributed by atoms with van der Waals surface area (Å²) in [6.07, 6.45) is 1.39. The lowest BCUT2D eigenvalue weighted by Gasteiger charge is -2.46. The maximum Gasteiger partial charge on any atom is 0.283 e. The van der Waals surface area contributed by atoms with Crippen LogP contribution in [0.5, 0.6) is 0 Å². The highest BCUT2D eigenvalue weighted by atomic mass is 16.2. The number of anilines is 1. The molecule has 0 spiro atoms. The number of nitrogens with zero attached hydrogens (tertiary/aromatic N) is 3. The zero-order valence-electron chi connectivity index (χ0n) is 15.8. The van der Waals surface area contributed by atoms with Crippen LogP contribution in [0.3, 0.4) is 0 Å². The second kappa shape index (κ2) is 7.26. The average Bonchev–Trinajstić information content (AvgIpc) is 2.64. The van der Waals surface area contributed by atoms with Crippen LogP contribution >= 0.6 is 0 Å². The van der Waals surface area contributed by atoms with E-state index in [1.165, 1.54) is 9.80 Å². The molecule has 144 valence electrons. The summed E-state index contributed by atoms with van der Waals surface area (Å²) in [7, 11) is 0. The number of rotatable bonds is 4. The molecule has 0 fully saturated rings. The minimum atomic E-state index is -0.831. The quantitative estimate of drug-likeness (QED) is 0.647. The van der Waals surface area contributed by atoms with E-state index in [4.69, 9.17) is 0 Å². The third kappa shape index (κ3) is 3.32. The Morgan fingerprint density at radius 1 is 1.30 bits per heavy atom. The number of hydrogen-bond donors (Lipinski definition) is 3. The Balaban J connectivity index is 2.05. The van der Waals surface area contributed by atoms with Gasteiger partial charge in [-0.2, -0.15) is 0 Å². The zero-order valence-corrected chi connectivity index (χ0v) is 15.8. The highest BCUT2D eigenvalue weighted by Gasteiger charge is 2.44. The van der Waals surface area contributed by atoms with Crippen LogP contribution in [0.2, 0.25) is 0 Å². The molecule has 0 unspecified atom stereocenters. The summed E-state index contributed by atoms with van der Waals surface area (Å²) in [5, 5.41) is 9.18. The van der Waals surface area contributed by atoms with Crippen molar-refractivity contribution in [2.75, 3.05) is 4.90 Å². The molecular formula is C18H24N6O3. The molecule has 3 N–H and O–H groups in total. The minimum absolute atomic E-state index is 0.0721. The Hall–Kier alpha value is -3.10. The summed E-state index contributed by atoms with van der Waals surface area (Å²) >= 11 is 0. The molecule has 0 aromatic carbocycles. The molecule has 3 amide bonds. The van der Waals surface area contributed by atoms with Gasteiger partial charge in [-0.3, -0.25) is 19.3 Å². The Kier molecular flexibility index (Phi) is 5.02. The van der Waals surface area contributed by atoms with Gasteiger partial charge < -0.3 is 20.9 Å². The van der Waals surface area contributed by atoms with Crippen molar-refractivity contribution in [3.63, 3.8) is 0 Å². The number of carbonyl (C=O) groups excluding carboxylic acids is 3. The van der Waals surface area contributed by atoms with Crippen LogP contribution in [0, 0.1) is 5.92 Å². The third-order valence-electron chi connectivity index (χ3n) is 4.80. The molecule has 3 atom stereocenters. The molecule has 3 rings (SSSR count). The molecule has 0 saturated carbocycles. The lowest BCUT2D eigenvalue weighted by molar-refractivity contribution is -0.128. The smallest absolute Gasteiger partial charge is 0.283 e. The monoisotopic (exact) mass is 372 g/mol. The summed E-state index contributed by atoms with van der Waals surface area (Å²) in [5.41, 5.74) is 0.205. The van der Waals surface area contributed by atoms with E-state index in [0.29, 0.717) is 18.0 Å². The van der Waals surface area contributed by atoms with E-state index in [1.54, 1.807) is 38.2 Å². The second-order valence-corrected chi connectivity index (χ2v) is 6.98. The Labute approximate surface area is 157 Å². The number of pyridine rings is 1. The van der Waals surface area contributed by atoms with Gasteiger partial charge in [0.1, 0.15) is 11.6 Å². The maximum atomic E-state index is 13.3. The van der Waals surface area contributed by atoms with Gasteiger partial charge in [0.15, 0.2) is 12.0 Å². The lowest BCUT2D eigenvalue weighted by atomic mass is 10.0. The van der Waals surface area contributed by atoms with Gasteiger partial charge in [0, 0.05) is 18.2 Å². The van der Waals surface area contributed by atoms with Gasteiger partial charge in [-0.05, 0) is 26.0 Å². The van der Waals surface area contributed by atoms with E-state index in [2.05, 4.69) is 20.9 Å². The van der Waals surface area contributed by atoms with E-state index in [1.807, 2.05) is 13.8 Å². The molecule has 0 radical (unpaired) electrons. The largest absolute Gasteiger partial charge is 0.365 e. The Bertz CT molecular complexity index is 779. The summed E-state index contributed by atoms with van der Waals surface area (Å²) in [6.45, 7) is 7.32. The van der Waals surface area contributed by atoms with E-state index in [9.17, 15) is 14.4 Å². The molecule has 27 heavy (non-hydrogen) atoms. The summed E-state index contributed by atoms with van der Waals surface area (Å²) in [4.78, 5) is 44.3. The van der Waals surface area contributed by atoms with Crippen LogP contribution in [0.4, 0.5) is 5.82 Å². The molecule has 2 aliphatic heterocycles. The van der Waals surface area contributed by atoms with Crippen molar-refractivity contribution in [2.45, 2.75) is 46.1 Å². The first-order chi connectivity index (χ1) is 12.8. The summed E-state index contributed by atoms with van der Waals surface area (Å²) in [5.74, 6) is -0.108. The molecule has 2 aliphatic rings. The normalized spacial score (nSPS) is 24.9. The standard InChI is InChI=1S/C18H24N6O3/c1-10(2)16(26)22-18-21-15-14(23(9-25)12(4)11(3)20-15)17(27)24(18)13-7-5-6-8-19-13/h5-12,18,20-21H,1-4H3,(H,22,26)/t11-,12-,18+/m0/s1. The van der Waals surface area contributed by atoms with Crippen molar-refractivity contribution < 1.29 is 14.4 Å². The fraction of sp³-hybridized carbons (Fsp3) is 0.444. The van der Waals surface area contributed by atoms with E-state index in [-0.39, 0.29) is 29.6 Å². The molecule has 9 nitrogen and oxygen atoms in total. The highest BCUT2D eigenvalue weighted by molar-refractivity contribution is 6.08. The van der Waals surface area contributed by atoms with Gasteiger partial charge in [0.2, 0.25) is 12.3 Å². The van der Waals surface area contributed by atoms with Crippen LogP contribution in [-0.4, -0.2) is 46.5 Å². The first kappa shape index (κ1) is 18.7. The maximum absolute atomic E-state index is 13.3. The second-order valence-electron chi connectivity index (χ2n) is 6.98. The number of aromatic nitrogens is 1. The van der Waals surface area contributed by atoms with Crippen molar-refractivity contribution in [2.24, 2.45) is 5.92 Å². The predicted molar refractivity (Wildman–Crippen MR) is 98.6 cm³/mol. The molecule has 0 aliphatic carbocycles. The molecule has 9 heteroatoms. The first-order valence-corrected chi connectivity index (χ1v) is 8.91. The van der Waals surface area contributed by atoms with Crippen LogP contribution in [-0.2, 0) is 14.4 Å². The average molecular weight is 372 g/mol. The Morgan fingerprint density at radius 3 is 2.63 bits per heavy atom. The fourth-order valence-corrected chi connectivity index (χ4v) is 3.03. The van der Waals surface area contributed by atoms with Crippen LogP contribution in [0.15, 0.2) is 35.9 Å². The zero-order chi connectivity index (χ0) is 19.7. The third-order valence-corrected chi connectivity index (χ3v) is 4.80. The van der Waals surface area contributed by atoms with E-state index in [0.717, 1.165) is 0 Å². The van der Waals surface area contributed by atoms with Gasteiger partial charge in [-0.1, -0.05) is 19.9 Å². The Morgan fingerprint density at radius 2 is 2.04 bits per heavy atom. The van der Waals surface area contributed by atoms with E-state index >= 15 is 0 Å². The van der Waals surface area contributed by atoms with Gasteiger partial charge >= 0.3 is 0 Å². The minimum Gasteiger partial charge on any atom is -0.365 e. The molecule has 1 aromatic heterocycles. The van der Waals surface area contributed by atoms with Gasteiger partial charge in [-0.25, -0.2) is 4.98 Å². The topological polar surface area (TPSA) is 107 Å². The predicted octanol–water partition coefficient (Wildman–Crippen LogP) is 0.0813. The van der Waals surface area contributed by atoms with Crippen molar-refractivity contribution >= 4 is 24.0 Å². The molecule has 0 bridgehead atoms. The fourth-order valence-electron chi connectivity index (χ4n) is 3.03. The van der Waals surface area contributed by atoms with E-state index < -0.39 is 12.2 Å². The van der Waals surface area contributed by atoms with Crippen LogP contribution < -0.4 is 20.9 Å². The number of amides is 3. The summed E-state index contributed by atoms with van der Waals surface area (Å²) in [6, 6.07) is 4.88. The van der Waals surface area contributed by atoms with Crippen LogP contribution in [0.1, 0.15) is 27.7 Å². The summed E-state index contributed by atoms with van der Waals surface area (Å²) < 4.78 is 0. The molecule has 0 saturated heterocycles. The van der Waals surface area contributed by atoms with Gasteiger partial charge in [0.25, 0.3) is 5.91 Å². The first-order valence-electron chi connectivity index (χ1n) is 8.91.